The Balaban J connectivity index is 1.45. The van der Waals surface area contributed by atoms with Crippen molar-refractivity contribution in [1.29, 1.82) is 0 Å². The van der Waals surface area contributed by atoms with E-state index in [0.29, 0.717) is 10.1 Å². The van der Waals surface area contributed by atoms with Crippen LogP contribution in [0.2, 0.25) is 5.02 Å². The smallest absolute Gasteiger partial charge is 0.175 e. The molecule has 0 aliphatic heterocycles. The second kappa shape index (κ2) is 7.41. The van der Waals surface area contributed by atoms with Gasteiger partial charge >= 0.3 is 0 Å². The van der Waals surface area contributed by atoms with E-state index in [9.17, 15) is 0 Å². The van der Waals surface area contributed by atoms with Crippen LogP contribution in [0, 0.1) is 0 Å². The molecule has 0 atom stereocenters. The van der Waals surface area contributed by atoms with Crippen molar-refractivity contribution >= 4 is 61.9 Å². The zero-order valence-electron chi connectivity index (χ0n) is 13.6. The summed E-state index contributed by atoms with van der Waals surface area (Å²) in [7, 11) is 0. The van der Waals surface area contributed by atoms with Crippen LogP contribution in [0.5, 0.6) is 0 Å². The highest BCUT2D eigenvalue weighted by Gasteiger charge is 2.06. The minimum absolute atomic E-state index is 0.528. The maximum Gasteiger partial charge on any atom is 0.175 e. The predicted octanol–water partition coefficient (Wildman–Crippen LogP) is 6.43. The van der Waals surface area contributed by atoms with Crippen LogP contribution in [0.3, 0.4) is 0 Å². The van der Waals surface area contributed by atoms with Crippen molar-refractivity contribution < 1.29 is 0 Å². The molecule has 1 aromatic heterocycles. The minimum Gasteiger partial charge on any atom is -0.332 e. The van der Waals surface area contributed by atoms with Gasteiger partial charge in [0.15, 0.2) is 5.11 Å². The lowest BCUT2D eigenvalue weighted by Gasteiger charge is -2.11. The number of anilines is 2. The third-order valence-corrected chi connectivity index (χ3v) is 5.33. The molecule has 0 bridgehead atoms. The fraction of sp³-hybridized carbons (Fsp3) is 0. The largest absolute Gasteiger partial charge is 0.332 e. The normalized spacial score (nSPS) is 10.7. The number of thiazole rings is 1. The number of benzene rings is 3. The Morgan fingerprint density at radius 3 is 2.12 bits per heavy atom. The van der Waals surface area contributed by atoms with E-state index in [1.807, 2.05) is 66.7 Å². The molecular weight excluding hydrogens is 382 g/mol. The molecule has 4 aromatic rings. The van der Waals surface area contributed by atoms with Crippen LogP contribution in [0.15, 0.2) is 72.8 Å². The van der Waals surface area contributed by atoms with Crippen LogP contribution in [0.1, 0.15) is 0 Å². The maximum atomic E-state index is 5.89. The lowest BCUT2D eigenvalue weighted by atomic mass is 10.2. The molecule has 0 unspecified atom stereocenters. The van der Waals surface area contributed by atoms with Crippen LogP contribution >= 0.6 is 35.2 Å². The average Bonchev–Trinajstić information content (AvgIpc) is 3.08. The quantitative estimate of drug-likeness (QED) is 0.392. The molecule has 0 aliphatic rings. The van der Waals surface area contributed by atoms with E-state index in [-0.39, 0.29) is 0 Å². The van der Waals surface area contributed by atoms with E-state index in [0.717, 1.165) is 27.5 Å². The standard InChI is InChI=1S/C20H14ClN3S2/c21-14-7-11-16(12-8-14)23-20(25)22-15-9-5-13(6-10-15)19-24-17-3-1-2-4-18(17)26-19/h1-12H,(H2,22,23,25). The van der Waals surface area contributed by atoms with E-state index in [1.54, 1.807) is 11.3 Å². The van der Waals surface area contributed by atoms with Crippen LogP contribution in [0.4, 0.5) is 11.4 Å². The summed E-state index contributed by atoms with van der Waals surface area (Å²) in [5, 5.41) is 8.55. The lowest BCUT2D eigenvalue weighted by Crippen LogP contribution is -2.18. The molecule has 3 aromatic carbocycles. The highest BCUT2D eigenvalue weighted by atomic mass is 35.5. The molecule has 0 aliphatic carbocycles. The lowest BCUT2D eigenvalue weighted by molar-refractivity contribution is 1.47. The van der Waals surface area contributed by atoms with E-state index >= 15 is 0 Å². The number of rotatable bonds is 3. The highest BCUT2D eigenvalue weighted by Crippen LogP contribution is 2.30. The number of halogens is 1. The van der Waals surface area contributed by atoms with Crippen molar-refractivity contribution in [3.05, 3.63) is 77.8 Å². The van der Waals surface area contributed by atoms with Crippen LogP contribution < -0.4 is 10.6 Å². The zero-order chi connectivity index (χ0) is 17.9. The van der Waals surface area contributed by atoms with Crippen molar-refractivity contribution in [3.8, 4) is 10.6 Å². The molecule has 0 radical (unpaired) electrons. The molecule has 0 amide bonds. The number of hydrogen-bond donors (Lipinski definition) is 2. The Bertz CT molecular complexity index is 1020. The van der Waals surface area contributed by atoms with E-state index in [1.165, 1.54) is 4.70 Å². The molecule has 6 heteroatoms. The van der Waals surface area contributed by atoms with Crippen molar-refractivity contribution in [2.75, 3.05) is 10.6 Å². The van der Waals surface area contributed by atoms with Gasteiger partial charge in [-0.1, -0.05) is 23.7 Å². The Morgan fingerprint density at radius 1 is 0.846 bits per heavy atom. The molecular formula is C20H14ClN3S2. The zero-order valence-corrected chi connectivity index (χ0v) is 16.0. The van der Waals surface area contributed by atoms with Crippen molar-refractivity contribution in [1.82, 2.24) is 4.98 Å². The molecule has 0 saturated carbocycles. The molecule has 0 fully saturated rings. The molecule has 2 N–H and O–H groups in total. The fourth-order valence-corrected chi connectivity index (χ4v) is 3.85. The second-order valence-corrected chi connectivity index (χ2v) is 7.53. The summed E-state index contributed by atoms with van der Waals surface area (Å²) in [6.07, 6.45) is 0. The van der Waals surface area contributed by atoms with E-state index < -0.39 is 0 Å². The Hall–Kier alpha value is -2.47. The van der Waals surface area contributed by atoms with Gasteiger partial charge in [-0.3, -0.25) is 0 Å². The van der Waals surface area contributed by atoms with Gasteiger partial charge in [-0.05, 0) is 72.9 Å². The number of fused-ring (bicyclic) bond motifs is 1. The van der Waals surface area contributed by atoms with Gasteiger partial charge in [0.05, 0.1) is 10.2 Å². The van der Waals surface area contributed by atoms with Crippen LogP contribution in [-0.4, -0.2) is 10.1 Å². The van der Waals surface area contributed by atoms with E-state index in [4.69, 9.17) is 23.8 Å². The first-order valence-electron chi connectivity index (χ1n) is 7.97. The molecule has 26 heavy (non-hydrogen) atoms. The molecule has 1 heterocycles. The highest BCUT2D eigenvalue weighted by molar-refractivity contribution is 7.80. The Morgan fingerprint density at radius 2 is 1.46 bits per heavy atom. The number of nitrogens with one attached hydrogen (secondary N) is 2. The molecule has 3 nitrogen and oxygen atoms in total. The van der Waals surface area contributed by atoms with Crippen molar-refractivity contribution in [3.63, 3.8) is 0 Å². The summed E-state index contributed by atoms with van der Waals surface area (Å²) >= 11 is 12.9. The van der Waals surface area contributed by atoms with Crippen LogP contribution in [0.25, 0.3) is 20.8 Å². The Kier molecular flexibility index (Phi) is 4.84. The summed E-state index contributed by atoms with van der Waals surface area (Å²) in [5.74, 6) is 0. The van der Waals surface area contributed by atoms with Crippen molar-refractivity contribution in [2.24, 2.45) is 0 Å². The third kappa shape index (κ3) is 3.85. The second-order valence-electron chi connectivity index (χ2n) is 5.65. The molecule has 4 rings (SSSR count). The SMILES string of the molecule is S=C(Nc1ccc(Cl)cc1)Nc1ccc(-c2nc3ccccc3s2)cc1. The van der Waals surface area contributed by atoms with Gasteiger partial charge < -0.3 is 10.6 Å². The first-order chi connectivity index (χ1) is 12.7. The summed E-state index contributed by atoms with van der Waals surface area (Å²) in [5.41, 5.74) is 3.93. The van der Waals surface area contributed by atoms with Crippen molar-refractivity contribution in [2.45, 2.75) is 0 Å². The topological polar surface area (TPSA) is 37.0 Å². The van der Waals surface area contributed by atoms with Gasteiger partial charge in [0.25, 0.3) is 0 Å². The number of thiocarbonyl (C=S) groups is 1. The first-order valence-corrected chi connectivity index (χ1v) is 9.57. The average molecular weight is 396 g/mol. The minimum atomic E-state index is 0.528. The fourth-order valence-electron chi connectivity index (χ4n) is 2.52. The van der Waals surface area contributed by atoms with Gasteiger partial charge in [-0.25, -0.2) is 4.98 Å². The maximum absolute atomic E-state index is 5.89. The monoisotopic (exact) mass is 395 g/mol. The number of aromatic nitrogens is 1. The molecule has 128 valence electrons. The van der Waals surface area contributed by atoms with E-state index in [2.05, 4.69) is 21.7 Å². The summed E-state index contributed by atoms with van der Waals surface area (Å²) in [4.78, 5) is 4.69. The van der Waals surface area contributed by atoms with Gasteiger partial charge in [-0.2, -0.15) is 0 Å². The first kappa shape index (κ1) is 17.0. The predicted molar refractivity (Wildman–Crippen MR) is 116 cm³/mol. The summed E-state index contributed by atoms with van der Waals surface area (Å²) in [6, 6.07) is 23.7. The van der Waals surface area contributed by atoms with Gasteiger partial charge in [0, 0.05) is 22.0 Å². The number of nitrogens with zero attached hydrogens (tertiary/aromatic N) is 1. The molecule has 0 saturated heterocycles. The third-order valence-electron chi connectivity index (χ3n) is 3.79. The van der Waals surface area contributed by atoms with Gasteiger partial charge in [0.1, 0.15) is 5.01 Å². The van der Waals surface area contributed by atoms with Gasteiger partial charge in [0.2, 0.25) is 0 Å². The van der Waals surface area contributed by atoms with Crippen LogP contribution in [-0.2, 0) is 0 Å². The Labute approximate surface area is 165 Å². The summed E-state index contributed by atoms with van der Waals surface area (Å²) < 4.78 is 1.19. The number of para-hydroxylation sites is 1. The summed E-state index contributed by atoms with van der Waals surface area (Å²) in [6.45, 7) is 0. The number of hydrogen-bond acceptors (Lipinski definition) is 3. The molecule has 0 spiro atoms. The van der Waals surface area contributed by atoms with Gasteiger partial charge in [-0.15, -0.1) is 11.3 Å².